The van der Waals surface area contributed by atoms with Crippen LogP contribution in [0.2, 0.25) is 0 Å². The second-order valence-corrected chi connectivity index (χ2v) is 3.35. The van der Waals surface area contributed by atoms with Crippen molar-refractivity contribution in [3.05, 3.63) is 0 Å². The van der Waals surface area contributed by atoms with Crippen molar-refractivity contribution in [1.29, 1.82) is 0 Å². The molecule has 0 unspecified atom stereocenters. The zero-order valence-electron chi connectivity index (χ0n) is 6.36. The molecule has 1 amide bonds. The maximum Gasteiger partial charge on any atom is 0.408 e. The lowest BCUT2D eigenvalue weighted by molar-refractivity contribution is -0.143. The summed E-state index contributed by atoms with van der Waals surface area (Å²) in [7, 11) is 0. The minimum Gasteiger partial charge on any atom is -0.479 e. The van der Waals surface area contributed by atoms with Crippen LogP contribution in [0.15, 0.2) is 0 Å². The van der Waals surface area contributed by atoms with E-state index < -0.39 is 17.6 Å². The Morgan fingerprint density at radius 1 is 1.42 bits per heavy atom. The number of carboxylic acid groups (broad SMARTS) is 2. The van der Waals surface area contributed by atoms with Crippen molar-refractivity contribution < 1.29 is 19.8 Å². The smallest absolute Gasteiger partial charge is 0.408 e. The van der Waals surface area contributed by atoms with Gasteiger partial charge in [-0.3, -0.25) is 4.90 Å². The average molecular weight is 171 g/mol. The molecule has 5 nitrogen and oxygen atoms in total. The molecule has 0 bridgehead atoms. The van der Waals surface area contributed by atoms with Gasteiger partial charge in [0, 0.05) is 6.54 Å². The predicted octanol–water partition coefficient (Wildman–Crippen LogP) is 0.213. The molecule has 1 aliphatic carbocycles. The van der Waals surface area contributed by atoms with Crippen LogP contribution in [0.5, 0.6) is 0 Å². The standard InChI is InChI=1S/C7H9NO4/c9-5(10)7-3-4(7)1-2-8(7)6(11)12/h4H,1-3H2,(H,9,10)(H,11,12)/t4-,7+/m1/s1. The summed E-state index contributed by atoms with van der Waals surface area (Å²) in [5.41, 5.74) is -1.05. The number of carbonyl (C=O) groups is 2. The molecule has 12 heavy (non-hydrogen) atoms. The third-order valence-corrected chi connectivity index (χ3v) is 2.86. The first kappa shape index (κ1) is 7.39. The molecule has 2 fully saturated rings. The highest BCUT2D eigenvalue weighted by molar-refractivity contribution is 5.88. The van der Waals surface area contributed by atoms with Gasteiger partial charge in [-0.15, -0.1) is 0 Å². The van der Waals surface area contributed by atoms with Gasteiger partial charge in [-0.1, -0.05) is 0 Å². The zero-order chi connectivity index (χ0) is 8.93. The van der Waals surface area contributed by atoms with E-state index in [1.54, 1.807) is 0 Å². The molecule has 0 spiro atoms. The summed E-state index contributed by atoms with van der Waals surface area (Å²) in [5, 5.41) is 17.5. The SMILES string of the molecule is O=C(O)N1CC[C@@H]2C[C@@]21C(=O)O. The van der Waals surface area contributed by atoms with E-state index in [0.29, 0.717) is 19.4 Å². The van der Waals surface area contributed by atoms with E-state index in [4.69, 9.17) is 10.2 Å². The number of amides is 1. The number of carboxylic acids is 1. The lowest BCUT2D eigenvalue weighted by Gasteiger charge is -2.20. The van der Waals surface area contributed by atoms with Crippen LogP contribution < -0.4 is 0 Å². The van der Waals surface area contributed by atoms with E-state index in [1.165, 1.54) is 0 Å². The minimum absolute atomic E-state index is 0.0612. The van der Waals surface area contributed by atoms with Gasteiger partial charge in [-0.25, -0.2) is 9.59 Å². The first-order chi connectivity index (χ1) is 5.59. The maximum absolute atomic E-state index is 10.8. The predicted molar refractivity (Wildman–Crippen MR) is 37.8 cm³/mol. The van der Waals surface area contributed by atoms with Gasteiger partial charge in [0.2, 0.25) is 0 Å². The molecule has 1 saturated carbocycles. The Kier molecular flexibility index (Phi) is 1.18. The van der Waals surface area contributed by atoms with E-state index >= 15 is 0 Å². The van der Waals surface area contributed by atoms with Crippen molar-refractivity contribution in [1.82, 2.24) is 4.90 Å². The van der Waals surface area contributed by atoms with Crippen molar-refractivity contribution in [3.63, 3.8) is 0 Å². The molecule has 0 aromatic heterocycles. The highest BCUT2D eigenvalue weighted by Gasteiger charge is 2.69. The van der Waals surface area contributed by atoms with E-state index in [2.05, 4.69) is 0 Å². The molecule has 66 valence electrons. The van der Waals surface area contributed by atoms with Crippen LogP contribution in [-0.4, -0.2) is 39.3 Å². The normalized spacial score (nSPS) is 37.7. The van der Waals surface area contributed by atoms with Crippen molar-refractivity contribution in [2.75, 3.05) is 6.54 Å². The van der Waals surface area contributed by atoms with Gasteiger partial charge in [-0.05, 0) is 18.8 Å². The first-order valence-corrected chi connectivity index (χ1v) is 3.83. The molecule has 5 heteroatoms. The molecule has 1 heterocycles. The number of fused-ring (bicyclic) bond motifs is 1. The summed E-state index contributed by atoms with van der Waals surface area (Å²) in [5.74, 6) is -0.932. The third-order valence-electron chi connectivity index (χ3n) is 2.86. The fourth-order valence-electron chi connectivity index (χ4n) is 2.12. The second-order valence-electron chi connectivity index (χ2n) is 3.35. The first-order valence-electron chi connectivity index (χ1n) is 3.83. The summed E-state index contributed by atoms with van der Waals surface area (Å²) in [6, 6.07) is 0. The molecule has 0 radical (unpaired) electrons. The van der Waals surface area contributed by atoms with E-state index in [1.807, 2.05) is 0 Å². The van der Waals surface area contributed by atoms with Crippen LogP contribution in [0.3, 0.4) is 0 Å². The summed E-state index contributed by atoms with van der Waals surface area (Å²) in [6.07, 6.45) is 0.0742. The zero-order valence-corrected chi connectivity index (χ0v) is 6.36. The Balaban J connectivity index is 2.27. The van der Waals surface area contributed by atoms with Gasteiger partial charge in [0.1, 0.15) is 5.54 Å². The Hall–Kier alpha value is -1.26. The minimum atomic E-state index is -1.11. The van der Waals surface area contributed by atoms with Gasteiger partial charge in [0.25, 0.3) is 0 Å². The van der Waals surface area contributed by atoms with Crippen molar-refractivity contribution in [2.24, 2.45) is 5.92 Å². The number of hydrogen-bond acceptors (Lipinski definition) is 2. The van der Waals surface area contributed by atoms with Crippen LogP contribution >= 0.6 is 0 Å². The molecular formula is C7H9NO4. The largest absolute Gasteiger partial charge is 0.479 e. The lowest BCUT2D eigenvalue weighted by atomic mass is 10.2. The van der Waals surface area contributed by atoms with Gasteiger partial charge in [0.15, 0.2) is 0 Å². The number of rotatable bonds is 1. The Bertz CT molecular complexity index is 264. The molecule has 0 aromatic carbocycles. The highest BCUT2D eigenvalue weighted by atomic mass is 16.4. The fraction of sp³-hybridized carbons (Fsp3) is 0.714. The number of piperidine rings is 1. The van der Waals surface area contributed by atoms with E-state index in [0.717, 1.165) is 4.90 Å². The molecular weight excluding hydrogens is 162 g/mol. The molecule has 2 aliphatic rings. The summed E-state index contributed by atoms with van der Waals surface area (Å²) < 4.78 is 0. The van der Waals surface area contributed by atoms with Gasteiger partial charge >= 0.3 is 12.1 Å². The van der Waals surface area contributed by atoms with Crippen LogP contribution in [0.25, 0.3) is 0 Å². The Morgan fingerprint density at radius 3 is 2.42 bits per heavy atom. The van der Waals surface area contributed by atoms with E-state index in [9.17, 15) is 9.59 Å². The van der Waals surface area contributed by atoms with Crippen LogP contribution in [0, 0.1) is 5.92 Å². The summed E-state index contributed by atoms with van der Waals surface area (Å²) >= 11 is 0. The van der Waals surface area contributed by atoms with Gasteiger partial charge in [-0.2, -0.15) is 0 Å². The number of likely N-dealkylation sites (tertiary alicyclic amines) is 1. The average Bonchev–Trinajstić information content (AvgIpc) is 2.58. The topological polar surface area (TPSA) is 77.8 Å². The molecule has 1 aliphatic heterocycles. The fourth-order valence-corrected chi connectivity index (χ4v) is 2.12. The van der Waals surface area contributed by atoms with Crippen molar-refractivity contribution in [3.8, 4) is 0 Å². The highest BCUT2D eigenvalue weighted by Crippen LogP contribution is 2.55. The Labute approximate surface area is 68.6 Å². The van der Waals surface area contributed by atoms with Crippen LogP contribution in [-0.2, 0) is 4.79 Å². The van der Waals surface area contributed by atoms with Crippen LogP contribution in [0.4, 0.5) is 4.79 Å². The molecule has 2 N–H and O–H groups in total. The van der Waals surface area contributed by atoms with Crippen molar-refractivity contribution >= 4 is 12.1 Å². The third kappa shape index (κ3) is 0.634. The van der Waals surface area contributed by atoms with Crippen molar-refractivity contribution in [2.45, 2.75) is 18.4 Å². The summed E-state index contributed by atoms with van der Waals surface area (Å²) in [4.78, 5) is 22.4. The lowest BCUT2D eigenvalue weighted by Crippen LogP contribution is -2.44. The molecule has 2 rings (SSSR count). The number of hydrogen-bond donors (Lipinski definition) is 2. The Morgan fingerprint density at radius 2 is 2.08 bits per heavy atom. The van der Waals surface area contributed by atoms with E-state index in [-0.39, 0.29) is 5.92 Å². The summed E-state index contributed by atoms with van der Waals surface area (Å²) in [6.45, 7) is 0.367. The van der Waals surface area contributed by atoms with Gasteiger partial charge < -0.3 is 10.2 Å². The molecule has 2 atom stereocenters. The maximum atomic E-state index is 10.8. The number of nitrogens with zero attached hydrogens (tertiary/aromatic N) is 1. The molecule has 0 aromatic rings. The molecule has 1 saturated heterocycles. The quantitative estimate of drug-likeness (QED) is 0.591. The second kappa shape index (κ2) is 1.91. The van der Waals surface area contributed by atoms with Crippen LogP contribution in [0.1, 0.15) is 12.8 Å². The van der Waals surface area contributed by atoms with Gasteiger partial charge in [0.05, 0.1) is 0 Å². The number of aliphatic carboxylic acids is 1. The monoisotopic (exact) mass is 171 g/mol.